The Labute approximate surface area is 115 Å². The summed E-state index contributed by atoms with van der Waals surface area (Å²) in [5, 5.41) is 7.88. The number of aromatic nitrogens is 2. The Balaban J connectivity index is 2.42. The zero-order valence-corrected chi connectivity index (χ0v) is 12.3. The van der Waals surface area contributed by atoms with Gasteiger partial charge in [-0.15, -0.1) is 0 Å². The third-order valence-corrected chi connectivity index (χ3v) is 3.60. The van der Waals surface area contributed by atoms with Crippen molar-refractivity contribution in [2.75, 3.05) is 7.05 Å². The van der Waals surface area contributed by atoms with Crippen LogP contribution in [0.25, 0.3) is 11.1 Å². The fraction of sp³-hybridized carbons (Fsp3) is 0.438. The number of hydrogen-bond acceptors (Lipinski definition) is 2. The number of benzene rings is 1. The van der Waals surface area contributed by atoms with Crippen LogP contribution in [0.2, 0.25) is 0 Å². The van der Waals surface area contributed by atoms with Gasteiger partial charge in [-0.05, 0) is 37.1 Å². The van der Waals surface area contributed by atoms with Gasteiger partial charge in [-0.2, -0.15) is 5.10 Å². The average Bonchev–Trinajstić information content (AvgIpc) is 2.82. The summed E-state index contributed by atoms with van der Waals surface area (Å²) in [6.07, 6.45) is 4.16. The molecule has 0 aliphatic rings. The molecule has 0 aliphatic carbocycles. The maximum Gasteiger partial charge on any atom is 0.0700 e. The smallest absolute Gasteiger partial charge is 0.0700 e. The van der Waals surface area contributed by atoms with Crippen molar-refractivity contribution in [3.63, 3.8) is 0 Å². The van der Waals surface area contributed by atoms with E-state index >= 15 is 0 Å². The molecule has 1 aromatic heterocycles. The zero-order valence-electron chi connectivity index (χ0n) is 12.3. The molecule has 0 saturated carbocycles. The minimum absolute atomic E-state index is 0.418. The van der Waals surface area contributed by atoms with E-state index in [-0.39, 0.29) is 0 Å². The summed E-state index contributed by atoms with van der Waals surface area (Å²) >= 11 is 0. The van der Waals surface area contributed by atoms with Crippen molar-refractivity contribution >= 4 is 0 Å². The second-order valence-corrected chi connectivity index (χ2v) is 4.89. The third kappa shape index (κ3) is 2.87. The van der Waals surface area contributed by atoms with Crippen molar-refractivity contribution in [2.45, 2.75) is 32.7 Å². The molecule has 1 N–H and O–H groups in total. The molecule has 19 heavy (non-hydrogen) atoms. The highest BCUT2D eigenvalue weighted by molar-refractivity contribution is 5.66. The number of nitrogens with zero attached hydrogens (tertiary/aromatic N) is 2. The molecule has 0 saturated heterocycles. The van der Waals surface area contributed by atoms with Gasteiger partial charge >= 0.3 is 0 Å². The van der Waals surface area contributed by atoms with Crippen molar-refractivity contribution in [1.29, 1.82) is 0 Å². The van der Waals surface area contributed by atoms with E-state index in [9.17, 15) is 0 Å². The highest BCUT2D eigenvalue weighted by Gasteiger charge is 2.11. The van der Waals surface area contributed by atoms with Gasteiger partial charge in [0.05, 0.1) is 5.69 Å². The first-order valence-corrected chi connectivity index (χ1v) is 6.99. The van der Waals surface area contributed by atoms with E-state index in [1.54, 1.807) is 0 Å². The Morgan fingerprint density at radius 3 is 2.74 bits per heavy atom. The van der Waals surface area contributed by atoms with Crippen LogP contribution >= 0.6 is 0 Å². The molecule has 3 heteroatoms. The van der Waals surface area contributed by atoms with Gasteiger partial charge in [0.2, 0.25) is 0 Å². The molecule has 0 fully saturated rings. The summed E-state index contributed by atoms with van der Waals surface area (Å²) in [6, 6.07) is 9.19. The molecule has 1 heterocycles. The molecule has 0 amide bonds. The average molecular weight is 257 g/mol. The first-order chi connectivity index (χ1) is 9.19. The monoisotopic (exact) mass is 257 g/mol. The maximum absolute atomic E-state index is 4.52. The molecule has 0 radical (unpaired) electrons. The van der Waals surface area contributed by atoms with E-state index in [0.717, 1.165) is 18.5 Å². The molecule has 0 aliphatic heterocycles. The van der Waals surface area contributed by atoms with Crippen LogP contribution in [0.4, 0.5) is 0 Å². The highest BCUT2D eigenvalue weighted by Crippen LogP contribution is 2.26. The number of aryl methyl sites for hydroxylation is 2. The lowest BCUT2D eigenvalue weighted by Gasteiger charge is -2.15. The lowest BCUT2D eigenvalue weighted by atomic mass is 9.98. The zero-order chi connectivity index (χ0) is 13.8. The van der Waals surface area contributed by atoms with Crippen LogP contribution in [-0.2, 0) is 13.5 Å². The molecule has 1 atom stereocenters. The Morgan fingerprint density at radius 1 is 1.32 bits per heavy atom. The van der Waals surface area contributed by atoms with Crippen molar-refractivity contribution in [3.8, 4) is 11.1 Å². The summed E-state index contributed by atoms with van der Waals surface area (Å²) < 4.78 is 1.90. The standard InChI is InChI=1S/C16H23N3/c1-5-15(17-3)13-9-7-8-12(10-13)14-11-19(4)18-16(14)6-2/h7-11,15,17H,5-6H2,1-4H3. The van der Waals surface area contributed by atoms with Crippen molar-refractivity contribution < 1.29 is 0 Å². The van der Waals surface area contributed by atoms with Gasteiger partial charge < -0.3 is 5.32 Å². The Kier molecular flexibility index (Phi) is 4.38. The molecule has 3 nitrogen and oxygen atoms in total. The quantitative estimate of drug-likeness (QED) is 0.890. The fourth-order valence-electron chi connectivity index (χ4n) is 2.57. The van der Waals surface area contributed by atoms with Gasteiger partial charge in [0.15, 0.2) is 0 Å². The van der Waals surface area contributed by atoms with Crippen LogP contribution in [0.15, 0.2) is 30.5 Å². The molecule has 102 valence electrons. The van der Waals surface area contributed by atoms with E-state index in [0.29, 0.717) is 6.04 Å². The summed E-state index contributed by atoms with van der Waals surface area (Å²) in [6.45, 7) is 4.35. The lowest BCUT2D eigenvalue weighted by Crippen LogP contribution is -2.15. The predicted molar refractivity (Wildman–Crippen MR) is 80.1 cm³/mol. The van der Waals surface area contributed by atoms with Gasteiger partial charge in [-0.3, -0.25) is 4.68 Å². The van der Waals surface area contributed by atoms with Crippen molar-refractivity contribution in [1.82, 2.24) is 15.1 Å². The van der Waals surface area contributed by atoms with Crippen molar-refractivity contribution in [3.05, 3.63) is 41.7 Å². The predicted octanol–water partition coefficient (Wildman–Crippen LogP) is 3.32. The summed E-state index contributed by atoms with van der Waals surface area (Å²) in [4.78, 5) is 0. The summed E-state index contributed by atoms with van der Waals surface area (Å²) in [5.74, 6) is 0. The number of hydrogen-bond donors (Lipinski definition) is 1. The highest BCUT2D eigenvalue weighted by atomic mass is 15.2. The normalized spacial score (nSPS) is 12.6. The SMILES string of the molecule is CCc1nn(C)cc1-c1cccc(C(CC)NC)c1. The minimum Gasteiger partial charge on any atom is -0.313 e. The lowest BCUT2D eigenvalue weighted by molar-refractivity contribution is 0.577. The number of rotatable bonds is 5. The van der Waals surface area contributed by atoms with Gasteiger partial charge in [0, 0.05) is 24.8 Å². The largest absolute Gasteiger partial charge is 0.313 e. The molecule has 1 unspecified atom stereocenters. The van der Waals surface area contributed by atoms with Gasteiger partial charge in [-0.1, -0.05) is 32.0 Å². The molecular formula is C16H23N3. The Morgan fingerprint density at radius 2 is 2.11 bits per heavy atom. The van der Waals surface area contributed by atoms with Gasteiger partial charge in [0.25, 0.3) is 0 Å². The second-order valence-electron chi connectivity index (χ2n) is 4.89. The van der Waals surface area contributed by atoms with Gasteiger partial charge in [-0.25, -0.2) is 0 Å². The first kappa shape index (κ1) is 13.8. The first-order valence-electron chi connectivity index (χ1n) is 6.99. The van der Waals surface area contributed by atoms with E-state index < -0.39 is 0 Å². The molecule has 0 spiro atoms. The summed E-state index contributed by atoms with van der Waals surface area (Å²) in [7, 11) is 4.00. The Hall–Kier alpha value is -1.61. The fourth-order valence-corrected chi connectivity index (χ4v) is 2.57. The van der Waals surface area contributed by atoms with Crippen LogP contribution in [0.5, 0.6) is 0 Å². The molecule has 0 bridgehead atoms. The van der Waals surface area contributed by atoms with Crippen LogP contribution in [0.1, 0.15) is 37.6 Å². The molecular weight excluding hydrogens is 234 g/mol. The number of nitrogens with one attached hydrogen (secondary N) is 1. The Bertz CT molecular complexity index is 539. The molecule has 2 rings (SSSR count). The summed E-state index contributed by atoms with van der Waals surface area (Å²) in [5.41, 5.74) is 5.01. The van der Waals surface area contributed by atoms with Gasteiger partial charge in [0.1, 0.15) is 0 Å². The molecule has 1 aromatic carbocycles. The van der Waals surface area contributed by atoms with E-state index in [1.807, 2.05) is 18.8 Å². The molecule has 2 aromatic rings. The van der Waals surface area contributed by atoms with E-state index in [1.165, 1.54) is 16.7 Å². The third-order valence-electron chi connectivity index (χ3n) is 3.60. The maximum atomic E-state index is 4.52. The van der Waals surface area contributed by atoms with E-state index in [4.69, 9.17) is 0 Å². The van der Waals surface area contributed by atoms with Crippen LogP contribution in [0, 0.1) is 0 Å². The van der Waals surface area contributed by atoms with Crippen LogP contribution < -0.4 is 5.32 Å². The van der Waals surface area contributed by atoms with E-state index in [2.05, 4.69) is 54.7 Å². The van der Waals surface area contributed by atoms with Crippen LogP contribution in [0.3, 0.4) is 0 Å². The second kappa shape index (κ2) is 6.02. The minimum atomic E-state index is 0.418. The van der Waals surface area contributed by atoms with Crippen LogP contribution in [-0.4, -0.2) is 16.8 Å². The topological polar surface area (TPSA) is 29.9 Å². The van der Waals surface area contributed by atoms with Crippen molar-refractivity contribution in [2.24, 2.45) is 7.05 Å².